The summed E-state index contributed by atoms with van der Waals surface area (Å²) in [6.07, 6.45) is 4.43. The van der Waals surface area contributed by atoms with E-state index in [-0.39, 0.29) is 5.84 Å². The molecule has 0 atom stereocenters. The van der Waals surface area contributed by atoms with Crippen LogP contribution in [0.3, 0.4) is 0 Å². The number of nitrogens with two attached hydrogens (primary N) is 1. The summed E-state index contributed by atoms with van der Waals surface area (Å²) in [5, 5.41) is 11.9. The zero-order valence-electron chi connectivity index (χ0n) is 7.81. The van der Waals surface area contributed by atoms with Crippen LogP contribution in [0.25, 0.3) is 0 Å². The second-order valence-electron chi connectivity index (χ2n) is 2.53. The van der Waals surface area contributed by atoms with Crippen molar-refractivity contribution in [1.82, 2.24) is 19.3 Å². The Morgan fingerprint density at radius 1 is 1.38 bits per heavy atom. The van der Waals surface area contributed by atoms with Gasteiger partial charge in [-0.05, 0) is 23.3 Å². The first-order valence-electron chi connectivity index (χ1n) is 4.04. The molecule has 9 heteroatoms. The molecule has 0 amide bonds. The van der Waals surface area contributed by atoms with E-state index in [2.05, 4.69) is 24.5 Å². The van der Waals surface area contributed by atoms with E-state index in [4.69, 9.17) is 10.9 Å². The molecule has 2 rings (SSSR count). The highest BCUT2D eigenvalue weighted by atomic mass is 32.2. The van der Waals surface area contributed by atoms with Gasteiger partial charge >= 0.3 is 0 Å². The van der Waals surface area contributed by atoms with Crippen molar-refractivity contribution in [1.29, 1.82) is 0 Å². The van der Waals surface area contributed by atoms with Crippen molar-refractivity contribution >= 4 is 29.1 Å². The lowest BCUT2D eigenvalue weighted by atomic mass is 10.4. The first kappa shape index (κ1) is 10.8. The van der Waals surface area contributed by atoms with Gasteiger partial charge in [-0.2, -0.15) is 4.37 Å². The maximum Gasteiger partial charge on any atom is 0.190 e. The van der Waals surface area contributed by atoms with Crippen molar-refractivity contribution in [3.8, 4) is 0 Å². The Morgan fingerprint density at radius 3 is 2.81 bits per heavy atom. The van der Waals surface area contributed by atoms with Gasteiger partial charge in [0.1, 0.15) is 17.0 Å². The number of hydrogen-bond donors (Lipinski definition) is 2. The summed E-state index contributed by atoms with van der Waals surface area (Å²) in [5.41, 5.74) is 5.67. The van der Waals surface area contributed by atoms with E-state index >= 15 is 0 Å². The normalized spacial score (nSPS) is 11.6. The number of oxime groups is 1. The van der Waals surface area contributed by atoms with Gasteiger partial charge in [0.15, 0.2) is 10.2 Å². The van der Waals surface area contributed by atoms with Gasteiger partial charge in [0.25, 0.3) is 0 Å². The number of amidine groups is 1. The lowest BCUT2D eigenvalue weighted by Gasteiger charge is -1.98. The Hall–Kier alpha value is -1.74. The molecule has 0 aliphatic heterocycles. The predicted molar refractivity (Wildman–Crippen MR) is 58.6 cm³/mol. The first-order chi connectivity index (χ1) is 7.79. The molecule has 2 aromatic rings. The van der Waals surface area contributed by atoms with Crippen molar-refractivity contribution in [2.24, 2.45) is 10.9 Å². The van der Waals surface area contributed by atoms with E-state index in [1.807, 2.05) is 0 Å². The second-order valence-corrected chi connectivity index (χ2v) is 4.58. The number of aromatic nitrogens is 4. The van der Waals surface area contributed by atoms with Gasteiger partial charge in [0.05, 0.1) is 12.4 Å². The number of nitrogens with zero attached hydrogens (tertiary/aromatic N) is 5. The molecule has 0 radical (unpaired) electrons. The molecule has 0 saturated carbocycles. The van der Waals surface area contributed by atoms with Gasteiger partial charge in [-0.1, -0.05) is 5.16 Å². The zero-order valence-corrected chi connectivity index (χ0v) is 9.44. The fourth-order valence-electron chi connectivity index (χ4n) is 0.850. The molecule has 2 aromatic heterocycles. The summed E-state index contributed by atoms with van der Waals surface area (Å²) in [6.45, 7) is 0. The van der Waals surface area contributed by atoms with Crippen LogP contribution in [-0.2, 0) is 0 Å². The second kappa shape index (κ2) is 4.86. The lowest BCUT2D eigenvalue weighted by Crippen LogP contribution is -2.15. The van der Waals surface area contributed by atoms with Gasteiger partial charge in [-0.25, -0.2) is 15.0 Å². The van der Waals surface area contributed by atoms with Crippen LogP contribution in [0, 0.1) is 0 Å². The minimum atomic E-state index is -0.0695. The maximum atomic E-state index is 8.44. The molecule has 3 N–H and O–H groups in total. The molecule has 16 heavy (non-hydrogen) atoms. The molecule has 0 bridgehead atoms. The minimum absolute atomic E-state index is 0.0695. The van der Waals surface area contributed by atoms with E-state index in [0.717, 1.165) is 4.34 Å². The van der Waals surface area contributed by atoms with Crippen LogP contribution in [0.2, 0.25) is 0 Å². The summed E-state index contributed by atoms with van der Waals surface area (Å²) in [5.74, 6) is -0.0695. The number of hydrogen-bond acceptors (Lipinski definition) is 8. The molecule has 0 fully saturated rings. The third-order valence-corrected chi connectivity index (χ3v) is 3.17. The monoisotopic (exact) mass is 254 g/mol. The Bertz CT molecular complexity index is 482. The van der Waals surface area contributed by atoms with Gasteiger partial charge < -0.3 is 10.9 Å². The van der Waals surface area contributed by atoms with E-state index in [0.29, 0.717) is 10.7 Å². The van der Waals surface area contributed by atoms with Gasteiger partial charge in [-0.15, -0.1) is 0 Å². The van der Waals surface area contributed by atoms with Crippen LogP contribution in [0.1, 0.15) is 5.69 Å². The largest absolute Gasteiger partial charge is 0.409 e. The van der Waals surface area contributed by atoms with Gasteiger partial charge in [-0.3, -0.25) is 0 Å². The molecule has 2 heterocycles. The topological polar surface area (TPSA) is 110 Å². The van der Waals surface area contributed by atoms with Crippen LogP contribution in [0.5, 0.6) is 0 Å². The highest BCUT2D eigenvalue weighted by molar-refractivity contribution is 8.00. The molecule has 0 aromatic carbocycles. The average Bonchev–Trinajstić information content (AvgIpc) is 2.82. The smallest absolute Gasteiger partial charge is 0.190 e. The first-order valence-corrected chi connectivity index (χ1v) is 5.63. The van der Waals surface area contributed by atoms with Crippen molar-refractivity contribution in [2.45, 2.75) is 9.37 Å². The third-order valence-electron chi connectivity index (χ3n) is 1.53. The van der Waals surface area contributed by atoms with Gasteiger partial charge in [0.2, 0.25) is 0 Å². The molecule has 7 nitrogen and oxygen atoms in total. The molecule has 0 unspecified atom stereocenters. The standard InChI is InChI=1S/C7H6N6OS2/c8-6(13-14)4-1-10-5(2-9-4)15-7-11-3-12-16-7/h1-3,14H,(H2,8,13). The van der Waals surface area contributed by atoms with Crippen molar-refractivity contribution in [3.63, 3.8) is 0 Å². The number of rotatable bonds is 3. The molecule has 0 saturated heterocycles. The Kier molecular flexibility index (Phi) is 3.27. The third kappa shape index (κ3) is 2.44. The fourth-order valence-corrected chi connectivity index (χ4v) is 2.15. The molecule has 0 aliphatic carbocycles. The zero-order chi connectivity index (χ0) is 11.4. The van der Waals surface area contributed by atoms with Crippen LogP contribution in [0.15, 0.2) is 33.2 Å². The van der Waals surface area contributed by atoms with Crippen LogP contribution >= 0.6 is 23.3 Å². The Labute approximate surface area is 98.6 Å². The average molecular weight is 254 g/mol. The highest BCUT2D eigenvalue weighted by Crippen LogP contribution is 2.25. The van der Waals surface area contributed by atoms with Crippen molar-refractivity contribution in [2.75, 3.05) is 0 Å². The van der Waals surface area contributed by atoms with E-state index in [1.54, 1.807) is 0 Å². The predicted octanol–water partition coefficient (Wildman–Crippen LogP) is 0.574. The summed E-state index contributed by atoms with van der Waals surface area (Å²) < 4.78 is 4.65. The quantitative estimate of drug-likeness (QED) is 0.356. The van der Waals surface area contributed by atoms with Crippen LogP contribution in [0.4, 0.5) is 0 Å². The van der Waals surface area contributed by atoms with E-state index in [9.17, 15) is 0 Å². The Balaban J connectivity index is 2.14. The molecule has 82 valence electrons. The van der Waals surface area contributed by atoms with Crippen molar-refractivity contribution in [3.05, 3.63) is 24.4 Å². The fraction of sp³-hybridized carbons (Fsp3) is 0. The van der Waals surface area contributed by atoms with Crippen LogP contribution in [-0.4, -0.2) is 30.4 Å². The summed E-state index contributed by atoms with van der Waals surface area (Å²) in [7, 11) is 0. The van der Waals surface area contributed by atoms with Crippen molar-refractivity contribution < 1.29 is 5.21 Å². The van der Waals surface area contributed by atoms with E-state index < -0.39 is 0 Å². The molecule has 0 spiro atoms. The molecule has 0 aliphatic rings. The van der Waals surface area contributed by atoms with Crippen LogP contribution < -0.4 is 5.73 Å². The lowest BCUT2D eigenvalue weighted by molar-refractivity contribution is 0.318. The Morgan fingerprint density at radius 2 is 2.25 bits per heavy atom. The highest BCUT2D eigenvalue weighted by Gasteiger charge is 2.05. The summed E-state index contributed by atoms with van der Waals surface area (Å²) >= 11 is 2.63. The maximum absolute atomic E-state index is 8.44. The summed E-state index contributed by atoms with van der Waals surface area (Å²) in [4.78, 5) is 12.1. The summed E-state index contributed by atoms with van der Waals surface area (Å²) in [6, 6.07) is 0. The molecular weight excluding hydrogens is 248 g/mol. The molecular formula is C7H6N6OS2. The SMILES string of the molecule is NC(=NO)c1cnc(Sc2ncns2)cn1. The minimum Gasteiger partial charge on any atom is -0.409 e. The van der Waals surface area contributed by atoms with E-state index in [1.165, 1.54) is 42.0 Å². The van der Waals surface area contributed by atoms with Gasteiger partial charge in [0, 0.05) is 0 Å².